The molecule has 1 aromatic carbocycles. The number of carbonyl (C=O) groups is 7. The van der Waals surface area contributed by atoms with Gasteiger partial charge in [-0.1, -0.05) is 71.4 Å². The van der Waals surface area contributed by atoms with Gasteiger partial charge in [-0.15, -0.1) is 0 Å². The zero-order chi connectivity index (χ0) is 38.5. The molecule has 1 saturated heterocycles. The molecule has 1 aliphatic heterocycles. The molecule has 0 aliphatic carbocycles. The topological polar surface area (TPSA) is 190 Å². The maximum Gasteiger partial charge on any atom is 0.408 e. The molecule has 0 aromatic heterocycles. The zero-order valence-electron chi connectivity index (χ0n) is 31.1. The SMILES string of the molecule is CCCCC1OC(=O)C(C)OC(=O)C(NC(=O)OCc2ccccc2)C(C)OC(=O)C(CC(C)C)OC(=O)C(C)(C)C(=O)C(CC(C)C)NC1=O. The Morgan fingerprint density at radius 1 is 0.843 bits per heavy atom. The maximum atomic E-state index is 13.9. The number of Topliss-reactive ketones (excluding diaryl/α,β-unsaturated/α-hetero) is 1. The van der Waals surface area contributed by atoms with Crippen LogP contribution in [0.4, 0.5) is 4.79 Å². The van der Waals surface area contributed by atoms with E-state index in [4.69, 9.17) is 23.7 Å². The van der Waals surface area contributed by atoms with Crippen molar-refractivity contribution < 1.29 is 57.2 Å². The summed E-state index contributed by atoms with van der Waals surface area (Å²) in [6, 6.07) is 5.86. The van der Waals surface area contributed by atoms with Gasteiger partial charge in [-0.3, -0.25) is 14.4 Å². The Bertz CT molecular complexity index is 1380. The van der Waals surface area contributed by atoms with Crippen LogP contribution < -0.4 is 10.6 Å². The third-order valence-corrected chi connectivity index (χ3v) is 8.17. The van der Waals surface area contributed by atoms with Crippen LogP contribution in [0.2, 0.25) is 0 Å². The number of nitrogens with one attached hydrogen (secondary N) is 2. The van der Waals surface area contributed by atoms with E-state index in [1.807, 2.05) is 20.8 Å². The van der Waals surface area contributed by atoms with E-state index in [0.717, 1.165) is 0 Å². The number of alkyl carbamates (subject to hydrolysis) is 1. The quantitative estimate of drug-likeness (QED) is 0.198. The molecule has 2 rings (SSSR count). The van der Waals surface area contributed by atoms with Gasteiger partial charge in [0, 0.05) is 0 Å². The summed E-state index contributed by atoms with van der Waals surface area (Å²) in [5.41, 5.74) is -1.17. The molecule has 14 nitrogen and oxygen atoms in total. The van der Waals surface area contributed by atoms with E-state index in [1.54, 1.807) is 44.2 Å². The van der Waals surface area contributed by atoms with Gasteiger partial charge in [-0.05, 0) is 70.8 Å². The normalized spacial score (nSPS) is 25.5. The van der Waals surface area contributed by atoms with Crippen molar-refractivity contribution in [1.29, 1.82) is 0 Å². The van der Waals surface area contributed by atoms with Crippen molar-refractivity contribution in [3.05, 3.63) is 35.9 Å². The Balaban J connectivity index is 2.54. The van der Waals surface area contributed by atoms with E-state index in [0.29, 0.717) is 18.4 Å². The minimum absolute atomic E-state index is 0.00261. The molecule has 0 bridgehead atoms. The second-order valence-electron chi connectivity index (χ2n) is 14.2. The highest BCUT2D eigenvalue weighted by Crippen LogP contribution is 2.26. The van der Waals surface area contributed by atoms with Crippen molar-refractivity contribution in [2.75, 3.05) is 0 Å². The number of unbranched alkanes of at least 4 members (excludes halogenated alkanes) is 1. The van der Waals surface area contributed by atoms with Gasteiger partial charge in [-0.2, -0.15) is 0 Å². The Morgan fingerprint density at radius 3 is 2.06 bits per heavy atom. The number of rotatable bonds is 10. The summed E-state index contributed by atoms with van der Waals surface area (Å²) in [6.07, 6.45) is -5.52. The smallest absolute Gasteiger partial charge is 0.408 e. The summed E-state index contributed by atoms with van der Waals surface area (Å²) >= 11 is 0. The molecular weight excluding hydrogens is 664 g/mol. The van der Waals surface area contributed by atoms with E-state index in [1.165, 1.54) is 27.7 Å². The predicted molar refractivity (Wildman–Crippen MR) is 184 cm³/mol. The average molecular weight is 719 g/mol. The number of hydrogen-bond donors (Lipinski definition) is 2. The molecule has 2 N–H and O–H groups in total. The molecule has 1 aliphatic rings. The average Bonchev–Trinajstić information content (AvgIpc) is 3.06. The molecule has 0 saturated carbocycles. The molecule has 1 heterocycles. The van der Waals surface area contributed by atoms with Crippen LogP contribution in [0.3, 0.4) is 0 Å². The number of carbonyl (C=O) groups excluding carboxylic acids is 7. The molecule has 1 aromatic rings. The molecule has 6 atom stereocenters. The van der Waals surface area contributed by atoms with Gasteiger partial charge in [0.15, 0.2) is 30.1 Å². The molecule has 2 amide bonds. The van der Waals surface area contributed by atoms with Crippen molar-refractivity contribution in [2.24, 2.45) is 17.3 Å². The summed E-state index contributed by atoms with van der Waals surface area (Å²) in [7, 11) is 0. The van der Waals surface area contributed by atoms with Crippen molar-refractivity contribution >= 4 is 41.7 Å². The lowest BCUT2D eigenvalue weighted by molar-refractivity contribution is -0.183. The minimum Gasteiger partial charge on any atom is -0.457 e. The Labute approximate surface area is 300 Å². The number of esters is 4. The largest absolute Gasteiger partial charge is 0.457 e. The lowest BCUT2D eigenvalue weighted by atomic mass is 9.81. The van der Waals surface area contributed by atoms with Crippen molar-refractivity contribution in [3.63, 3.8) is 0 Å². The van der Waals surface area contributed by atoms with Crippen LogP contribution in [-0.2, 0) is 59.1 Å². The summed E-state index contributed by atoms with van der Waals surface area (Å²) < 4.78 is 27.3. The minimum atomic E-state index is -1.83. The first-order valence-corrected chi connectivity index (χ1v) is 17.5. The Kier molecular flexibility index (Phi) is 16.6. The third kappa shape index (κ3) is 13.3. The highest BCUT2D eigenvalue weighted by atomic mass is 16.6. The second kappa shape index (κ2) is 19.8. The van der Waals surface area contributed by atoms with Gasteiger partial charge in [0.05, 0.1) is 6.04 Å². The van der Waals surface area contributed by atoms with Gasteiger partial charge in [0.25, 0.3) is 5.91 Å². The summed E-state index contributed by atoms with van der Waals surface area (Å²) in [6.45, 7) is 14.2. The number of amides is 2. The summed E-state index contributed by atoms with van der Waals surface area (Å²) in [5, 5.41) is 4.99. The van der Waals surface area contributed by atoms with Gasteiger partial charge in [0.1, 0.15) is 18.1 Å². The number of cyclic esters (lactones) is 4. The van der Waals surface area contributed by atoms with Crippen molar-refractivity contribution in [2.45, 2.75) is 138 Å². The molecule has 51 heavy (non-hydrogen) atoms. The van der Waals surface area contributed by atoms with E-state index in [9.17, 15) is 33.6 Å². The van der Waals surface area contributed by atoms with Crippen LogP contribution in [0, 0.1) is 17.3 Å². The standard InChI is InChI=1S/C37H54N2O12/c1-10-11-17-27-31(41)38-26(18-21(2)3)30(40)37(8,9)35(45)51-28(19-22(4)5)33(43)48-23(6)29(34(44)49-24(7)32(42)50-27)39-36(46)47-20-25-15-13-12-14-16-25/h12-16,21-24,26-29H,10-11,17-20H2,1-9H3,(H,38,41)(H,39,46). The lowest BCUT2D eigenvalue weighted by Crippen LogP contribution is -2.54. The fourth-order valence-electron chi connectivity index (χ4n) is 5.15. The van der Waals surface area contributed by atoms with Crippen LogP contribution in [0.15, 0.2) is 30.3 Å². The van der Waals surface area contributed by atoms with Gasteiger partial charge >= 0.3 is 30.0 Å². The Morgan fingerprint density at radius 2 is 1.47 bits per heavy atom. The number of hydrogen-bond acceptors (Lipinski definition) is 12. The monoisotopic (exact) mass is 718 g/mol. The predicted octanol–water partition coefficient (Wildman–Crippen LogP) is 4.34. The molecule has 14 heteroatoms. The number of benzene rings is 1. The Hall–Kier alpha value is -4.49. The third-order valence-electron chi connectivity index (χ3n) is 8.17. The maximum absolute atomic E-state index is 13.9. The fraction of sp³-hybridized carbons (Fsp3) is 0.649. The van der Waals surface area contributed by atoms with Crippen molar-refractivity contribution in [1.82, 2.24) is 10.6 Å². The van der Waals surface area contributed by atoms with Crippen LogP contribution in [0.1, 0.15) is 100.0 Å². The molecule has 0 radical (unpaired) electrons. The summed E-state index contributed by atoms with van der Waals surface area (Å²) in [4.78, 5) is 94.2. The molecule has 6 unspecified atom stereocenters. The van der Waals surface area contributed by atoms with E-state index >= 15 is 0 Å². The molecule has 284 valence electrons. The van der Waals surface area contributed by atoms with Crippen LogP contribution in [0.5, 0.6) is 0 Å². The fourth-order valence-corrected chi connectivity index (χ4v) is 5.15. The summed E-state index contributed by atoms with van der Waals surface area (Å²) in [5.74, 6) is -6.04. The molecule has 0 spiro atoms. The first kappa shape index (κ1) is 42.7. The van der Waals surface area contributed by atoms with Gasteiger partial charge in [-0.25, -0.2) is 19.2 Å². The van der Waals surface area contributed by atoms with Gasteiger partial charge < -0.3 is 34.3 Å². The first-order valence-electron chi connectivity index (χ1n) is 17.5. The van der Waals surface area contributed by atoms with E-state index in [-0.39, 0.29) is 37.7 Å². The van der Waals surface area contributed by atoms with Crippen LogP contribution in [0.25, 0.3) is 0 Å². The zero-order valence-corrected chi connectivity index (χ0v) is 31.1. The molecular formula is C37H54N2O12. The van der Waals surface area contributed by atoms with Crippen LogP contribution >= 0.6 is 0 Å². The van der Waals surface area contributed by atoms with E-state index < -0.39 is 83.6 Å². The highest BCUT2D eigenvalue weighted by molar-refractivity contribution is 6.07. The lowest BCUT2D eigenvalue weighted by Gasteiger charge is -2.31. The first-order chi connectivity index (χ1) is 23.9. The van der Waals surface area contributed by atoms with Crippen LogP contribution in [-0.4, -0.2) is 78.2 Å². The second-order valence-corrected chi connectivity index (χ2v) is 14.2. The highest BCUT2D eigenvalue weighted by Gasteiger charge is 2.45. The number of ketones is 1. The van der Waals surface area contributed by atoms with E-state index in [2.05, 4.69) is 10.6 Å². The number of ether oxygens (including phenoxy) is 5. The molecule has 1 fully saturated rings. The van der Waals surface area contributed by atoms with Crippen molar-refractivity contribution in [3.8, 4) is 0 Å². The van der Waals surface area contributed by atoms with Gasteiger partial charge in [0.2, 0.25) is 0 Å².